The van der Waals surface area contributed by atoms with Crippen LogP contribution in [0.1, 0.15) is 50.0 Å². The Balaban J connectivity index is 1.32. The molecule has 0 radical (unpaired) electrons. The van der Waals surface area contributed by atoms with Crippen molar-refractivity contribution in [2.24, 2.45) is 16.7 Å². The Morgan fingerprint density at radius 1 is 1.24 bits per heavy atom. The molecular weight excluding hydrogens is 483 g/mol. The number of nitriles is 1. The molecule has 2 aromatic carbocycles. The SMILES string of the molecule is CC1(C)C(NC(=O)c2ccc(N3CC[C@@H](CO)C3)c(F)c2)C(C)(C)C1Oc1ccc(C#N)c2ncccc12. The minimum atomic E-state index is -0.439. The summed E-state index contributed by atoms with van der Waals surface area (Å²) in [6.07, 6.45) is 2.25. The number of rotatable bonds is 6. The monoisotopic (exact) mass is 516 g/mol. The molecule has 2 fully saturated rings. The van der Waals surface area contributed by atoms with E-state index in [1.165, 1.54) is 6.07 Å². The van der Waals surface area contributed by atoms with Gasteiger partial charge in [-0.1, -0.05) is 27.7 Å². The summed E-state index contributed by atoms with van der Waals surface area (Å²) in [5.74, 6) is 0.0220. The Hall–Kier alpha value is -3.70. The summed E-state index contributed by atoms with van der Waals surface area (Å²) in [4.78, 5) is 19.5. The minimum Gasteiger partial charge on any atom is -0.488 e. The van der Waals surface area contributed by atoms with Crippen LogP contribution in [0.5, 0.6) is 5.75 Å². The van der Waals surface area contributed by atoms with Crippen LogP contribution in [0.2, 0.25) is 0 Å². The fourth-order valence-electron chi connectivity index (χ4n) is 6.59. The molecular formula is C30H33FN4O3. The number of aromatic nitrogens is 1. The summed E-state index contributed by atoms with van der Waals surface area (Å²) in [5, 5.41) is 22.7. The molecule has 5 rings (SSSR count). The number of amides is 1. The molecule has 1 saturated carbocycles. The van der Waals surface area contributed by atoms with Crippen molar-refractivity contribution in [1.29, 1.82) is 5.26 Å². The Kier molecular flexibility index (Phi) is 6.52. The molecule has 1 aliphatic carbocycles. The lowest BCUT2D eigenvalue weighted by Crippen LogP contribution is -2.74. The van der Waals surface area contributed by atoms with Crippen LogP contribution < -0.4 is 15.0 Å². The summed E-state index contributed by atoms with van der Waals surface area (Å²) in [6, 6.07) is 13.8. The Morgan fingerprint density at radius 2 is 2.00 bits per heavy atom. The number of ether oxygens (including phenoxy) is 1. The molecule has 1 aliphatic heterocycles. The van der Waals surface area contributed by atoms with Gasteiger partial charge in [0.25, 0.3) is 5.91 Å². The second kappa shape index (κ2) is 9.55. The topological polar surface area (TPSA) is 98.5 Å². The van der Waals surface area contributed by atoms with Crippen LogP contribution in [0.3, 0.4) is 0 Å². The van der Waals surface area contributed by atoms with E-state index in [0.717, 1.165) is 11.8 Å². The fraction of sp³-hybridized carbons (Fsp3) is 0.433. The zero-order chi connectivity index (χ0) is 27.2. The summed E-state index contributed by atoms with van der Waals surface area (Å²) in [5.41, 5.74) is 0.966. The number of anilines is 1. The van der Waals surface area contributed by atoms with Gasteiger partial charge in [-0.3, -0.25) is 9.78 Å². The first-order valence-corrected chi connectivity index (χ1v) is 13.0. The van der Waals surface area contributed by atoms with E-state index in [9.17, 15) is 19.6 Å². The van der Waals surface area contributed by atoms with Gasteiger partial charge < -0.3 is 20.1 Å². The van der Waals surface area contributed by atoms with Gasteiger partial charge in [-0.15, -0.1) is 0 Å². The first-order chi connectivity index (χ1) is 18.1. The number of hydrogen-bond donors (Lipinski definition) is 2. The van der Waals surface area contributed by atoms with Gasteiger partial charge in [0.05, 0.1) is 16.8 Å². The molecule has 2 aliphatic rings. The van der Waals surface area contributed by atoms with Crippen LogP contribution in [0, 0.1) is 33.9 Å². The summed E-state index contributed by atoms with van der Waals surface area (Å²) >= 11 is 0. The maximum atomic E-state index is 15.0. The molecule has 2 N–H and O–H groups in total. The lowest BCUT2D eigenvalue weighted by Gasteiger charge is -2.63. The largest absolute Gasteiger partial charge is 0.488 e. The fourth-order valence-corrected chi connectivity index (χ4v) is 6.59. The molecule has 198 valence electrons. The van der Waals surface area contributed by atoms with E-state index in [0.29, 0.717) is 35.6 Å². The summed E-state index contributed by atoms with van der Waals surface area (Å²) in [7, 11) is 0. The molecule has 0 spiro atoms. The number of benzene rings is 2. The van der Waals surface area contributed by atoms with Crippen molar-refractivity contribution < 1.29 is 19.0 Å². The molecule has 0 bridgehead atoms. The van der Waals surface area contributed by atoms with Gasteiger partial charge in [0, 0.05) is 59.6 Å². The lowest BCUT2D eigenvalue weighted by atomic mass is 9.49. The Labute approximate surface area is 222 Å². The van der Waals surface area contributed by atoms with Crippen molar-refractivity contribution in [2.45, 2.75) is 46.3 Å². The number of nitrogens with one attached hydrogen (secondary N) is 1. The van der Waals surface area contributed by atoms with E-state index in [1.54, 1.807) is 30.5 Å². The van der Waals surface area contributed by atoms with Gasteiger partial charge in [-0.2, -0.15) is 5.26 Å². The molecule has 3 aromatic rings. The molecule has 8 heteroatoms. The highest BCUT2D eigenvalue weighted by Gasteiger charge is 2.64. The molecule has 1 saturated heterocycles. The van der Waals surface area contributed by atoms with Gasteiger partial charge in [-0.25, -0.2) is 4.39 Å². The molecule has 38 heavy (non-hydrogen) atoms. The number of hydrogen-bond acceptors (Lipinski definition) is 6. The van der Waals surface area contributed by atoms with Crippen LogP contribution in [-0.2, 0) is 0 Å². The van der Waals surface area contributed by atoms with Crippen LogP contribution in [-0.4, -0.2) is 47.8 Å². The predicted octanol–water partition coefficient (Wildman–Crippen LogP) is 4.68. The van der Waals surface area contributed by atoms with Gasteiger partial charge in [0.1, 0.15) is 23.7 Å². The van der Waals surface area contributed by atoms with Crippen molar-refractivity contribution in [3.8, 4) is 11.8 Å². The molecule has 0 unspecified atom stereocenters. The molecule has 1 amide bonds. The number of carbonyl (C=O) groups excluding carboxylic acids is 1. The Morgan fingerprint density at radius 3 is 2.66 bits per heavy atom. The molecule has 7 nitrogen and oxygen atoms in total. The maximum absolute atomic E-state index is 15.0. The highest BCUT2D eigenvalue weighted by molar-refractivity contribution is 5.95. The number of fused-ring (bicyclic) bond motifs is 1. The molecule has 1 aromatic heterocycles. The molecule has 2 heterocycles. The van der Waals surface area contributed by atoms with Gasteiger partial charge in [-0.05, 0) is 48.9 Å². The number of nitrogens with zero attached hydrogens (tertiary/aromatic N) is 3. The van der Waals surface area contributed by atoms with Crippen LogP contribution >= 0.6 is 0 Å². The first kappa shape index (κ1) is 25.9. The van der Waals surface area contributed by atoms with E-state index < -0.39 is 16.6 Å². The van der Waals surface area contributed by atoms with Crippen LogP contribution in [0.4, 0.5) is 10.1 Å². The van der Waals surface area contributed by atoms with Crippen molar-refractivity contribution in [3.05, 3.63) is 65.6 Å². The van der Waals surface area contributed by atoms with Gasteiger partial charge >= 0.3 is 0 Å². The smallest absolute Gasteiger partial charge is 0.251 e. The van der Waals surface area contributed by atoms with E-state index in [2.05, 4.69) is 16.4 Å². The summed E-state index contributed by atoms with van der Waals surface area (Å²) < 4.78 is 21.5. The van der Waals surface area contributed by atoms with Crippen molar-refractivity contribution in [2.75, 3.05) is 24.6 Å². The average Bonchev–Trinajstić information content (AvgIpc) is 3.38. The highest BCUT2D eigenvalue weighted by atomic mass is 19.1. The Bertz CT molecular complexity index is 1410. The maximum Gasteiger partial charge on any atom is 0.251 e. The third-order valence-corrected chi connectivity index (χ3v) is 8.30. The average molecular weight is 517 g/mol. The number of aliphatic hydroxyl groups is 1. The van der Waals surface area contributed by atoms with Gasteiger partial charge in [0.2, 0.25) is 0 Å². The summed E-state index contributed by atoms with van der Waals surface area (Å²) in [6.45, 7) is 9.58. The lowest BCUT2D eigenvalue weighted by molar-refractivity contribution is -0.163. The zero-order valence-corrected chi connectivity index (χ0v) is 22.2. The van der Waals surface area contributed by atoms with E-state index in [1.807, 2.05) is 44.7 Å². The number of halogens is 1. The number of aliphatic hydroxyl groups excluding tert-OH is 1. The third-order valence-electron chi connectivity index (χ3n) is 8.30. The van der Waals surface area contributed by atoms with E-state index in [-0.39, 0.29) is 36.1 Å². The predicted molar refractivity (Wildman–Crippen MR) is 143 cm³/mol. The van der Waals surface area contributed by atoms with E-state index >= 15 is 0 Å². The number of pyridine rings is 1. The van der Waals surface area contributed by atoms with Crippen molar-refractivity contribution in [1.82, 2.24) is 10.3 Å². The highest BCUT2D eigenvalue weighted by Crippen LogP contribution is 2.56. The molecule has 1 atom stereocenters. The normalized spacial score (nSPS) is 23.5. The van der Waals surface area contributed by atoms with E-state index in [4.69, 9.17) is 4.74 Å². The van der Waals surface area contributed by atoms with Crippen molar-refractivity contribution in [3.63, 3.8) is 0 Å². The first-order valence-electron chi connectivity index (χ1n) is 13.0. The van der Waals surface area contributed by atoms with Gasteiger partial charge in [0.15, 0.2) is 0 Å². The quantitative estimate of drug-likeness (QED) is 0.494. The second-order valence-electron chi connectivity index (χ2n) is 11.6. The van der Waals surface area contributed by atoms with Crippen LogP contribution in [0.25, 0.3) is 10.9 Å². The zero-order valence-electron chi connectivity index (χ0n) is 22.2. The van der Waals surface area contributed by atoms with Crippen molar-refractivity contribution >= 4 is 22.5 Å². The minimum absolute atomic E-state index is 0.0918. The third kappa shape index (κ3) is 4.25. The second-order valence-corrected chi connectivity index (χ2v) is 11.6. The van der Waals surface area contributed by atoms with Crippen LogP contribution in [0.15, 0.2) is 48.7 Å². The standard InChI is InChI=1S/C30H33FN4O3/c1-29(2)27(34-26(37)19-7-9-23(22(31)14-19)35-13-11-18(16-35)17-36)30(3,4)28(29)38-24-10-8-20(15-32)25-21(24)6-5-12-33-25/h5-10,12,14,18,27-28,36H,11,13,16-17H2,1-4H3,(H,34,37)/t18-,27?,28?/m1/s1. The number of carbonyl (C=O) groups is 1.